The van der Waals surface area contributed by atoms with Crippen molar-refractivity contribution in [3.05, 3.63) is 29.5 Å². The van der Waals surface area contributed by atoms with E-state index in [-0.39, 0.29) is 0 Å². The summed E-state index contributed by atoms with van der Waals surface area (Å²) in [5.74, 6) is 0.466. The normalized spacial score (nSPS) is 10.6. The van der Waals surface area contributed by atoms with E-state index in [1.165, 1.54) is 0 Å². The van der Waals surface area contributed by atoms with Gasteiger partial charge in [-0.05, 0) is 13.0 Å². The van der Waals surface area contributed by atoms with Gasteiger partial charge in [0.25, 0.3) is 0 Å². The minimum Gasteiger partial charge on any atom is -0.804 e. The predicted octanol–water partition coefficient (Wildman–Crippen LogP) is 1.09. The highest BCUT2D eigenvalue weighted by molar-refractivity contribution is 5.74. The van der Waals surface area contributed by atoms with Crippen molar-refractivity contribution < 1.29 is 0 Å². The summed E-state index contributed by atoms with van der Waals surface area (Å²) in [6, 6.07) is 1.66. The molecule has 0 aromatic carbocycles. The third-order valence-electron chi connectivity index (χ3n) is 1.57. The molecule has 0 aliphatic carbocycles. The van der Waals surface area contributed by atoms with Gasteiger partial charge in [0.15, 0.2) is 0 Å². The molecule has 56 valence electrons. The van der Waals surface area contributed by atoms with Gasteiger partial charge in [0.1, 0.15) is 11.3 Å². The minimum absolute atomic E-state index is 0.466. The van der Waals surface area contributed by atoms with Crippen LogP contribution in [0.1, 0.15) is 5.82 Å². The average Bonchev–Trinajstić information content (AvgIpc) is 2.30. The summed E-state index contributed by atoms with van der Waals surface area (Å²) in [5.41, 5.74) is 1.23. The summed E-state index contributed by atoms with van der Waals surface area (Å²) in [5, 5.41) is 11.2. The number of hydrogen-bond acceptors (Lipinski definition) is 3. The third-order valence-corrected chi connectivity index (χ3v) is 1.57. The molecule has 0 aliphatic heterocycles. The topological polar surface area (TPSA) is 53.8 Å². The van der Waals surface area contributed by atoms with Gasteiger partial charge in [0.2, 0.25) is 0 Å². The van der Waals surface area contributed by atoms with E-state index in [0.717, 1.165) is 4.73 Å². The quantitative estimate of drug-likeness (QED) is 0.561. The average molecular weight is 148 g/mol. The van der Waals surface area contributed by atoms with Gasteiger partial charge in [-0.15, -0.1) is 0 Å². The summed E-state index contributed by atoms with van der Waals surface area (Å²) >= 11 is 0. The van der Waals surface area contributed by atoms with Crippen molar-refractivity contribution in [1.82, 2.24) is 14.7 Å². The van der Waals surface area contributed by atoms with E-state index in [4.69, 9.17) is 0 Å². The van der Waals surface area contributed by atoms with Crippen LogP contribution in [0.25, 0.3) is 11.0 Å². The van der Waals surface area contributed by atoms with Gasteiger partial charge in [-0.3, -0.25) is 4.98 Å². The molecular formula is C7H6N3O-. The molecule has 2 heterocycles. The van der Waals surface area contributed by atoms with E-state index in [1.807, 2.05) is 0 Å². The number of pyridine rings is 1. The first kappa shape index (κ1) is 6.15. The zero-order valence-corrected chi connectivity index (χ0v) is 5.98. The summed E-state index contributed by atoms with van der Waals surface area (Å²) in [6.07, 6.45) is 3.16. The molecule has 0 fully saturated rings. The van der Waals surface area contributed by atoms with Crippen LogP contribution in [0.2, 0.25) is 0 Å². The molecule has 11 heavy (non-hydrogen) atoms. The van der Waals surface area contributed by atoms with Crippen LogP contribution in [-0.4, -0.2) is 14.7 Å². The van der Waals surface area contributed by atoms with E-state index in [1.54, 1.807) is 25.4 Å². The maximum atomic E-state index is 11.2. The monoisotopic (exact) mass is 148 g/mol. The van der Waals surface area contributed by atoms with Crippen molar-refractivity contribution in [2.75, 3.05) is 0 Å². The SMILES string of the molecule is Cc1nc2cnccc2n1[O-]. The van der Waals surface area contributed by atoms with Crippen LogP contribution in [0.5, 0.6) is 0 Å². The van der Waals surface area contributed by atoms with E-state index >= 15 is 0 Å². The van der Waals surface area contributed by atoms with Gasteiger partial charge >= 0.3 is 0 Å². The Morgan fingerprint density at radius 3 is 3.09 bits per heavy atom. The molecule has 0 radical (unpaired) electrons. The first-order valence-corrected chi connectivity index (χ1v) is 3.25. The standard InChI is InChI=1S/C7H6N3O/c1-5-9-6-4-8-3-2-7(6)10(5)11/h2-4H,1H3/q-1. The maximum Gasteiger partial charge on any atom is 0.107 e. The Morgan fingerprint density at radius 1 is 1.55 bits per heavy atom. The van der Waals surface area contributed by atoms with Crippen LogP contribution in [0.3, 0.4) is 0 Å². The number of aromatic nitrogens is 3. The summed E-state index contributed by atoms with van der Waals surface area (Å²) < 4.78 is 0.803. The van der Waals surface area contributed by atoms with Gasteiger partial charge in [0, 0.05) is 6.20 Å². The maximum absolute atomic E-state index is 11.2. The Labute approximate surface area is 63.1 Å². The van der Waals surface area contributed by atoms with Crippen molar-refractivity contribution in [2.24, 2.45) is 0 Å². The number of fused-ring (bicyclic) bond motifs is 1. The fourth-order valence-corrected chi connectivity index (χ4v) is 1.03. The Morgan fingerprint density at radius 2 is 2.36 bits per heavy atom. The number of hydrogen-bond donors (Lipinski definition) is 0. The number of nitrogens with zero attached hydrogens (tertiary/aromatic N) is 3. The van der Waals surface area contributed by atoms with E-state index in [9.17, 15) is 5.21 Å². The summed E-state index contributed by atoms with van der Waals surface area (Å²) in [7, 11) is 0. The molecule has 0 spiro atoms. The van der Waals surface area contributed by atoms with Crippen LogP contribution in [0.15, 0.2) is 18.5 Å². The Balaban J connectivity index is 2.92. The zero-order valence-electron chi connectivity index (χ0n) is 5.98. The zero-order chi connectivity index (χ0) is 7.84. The van der Waals surface area contributed by atoms with Crippen molar-refractivity contribution in [2.45, 2.75) is 6.92 Å². The van der Waals surface area contributed by atoms with Gasteiger partial charge in [0.05, 0.1) is 11.7 Å². The van der Waals surface area contributed by atoms with E-state index in [0.29, 0.717) is 16.9 Å². The van der Waals surface area contributed by atoms with Crippen LogP contribution in [0, 0.1) is 12.1 Å². The second-order valence-corrected chi connectivity index (χ2v) is 2.32. The summed E-state index contributed by atoms with van der Waals surface area (Å²) in [6.45, 7) is 1.67. The Kier molecular flexibility index (Phi) is 1.09. The van der Waals surface area contributed by atoms with Crippen LogP contribution < -0.4 is 0 Å². The molecule has 4 nitrogen and oxygen atoms in total. The predicted molar refractivity (Wildman–Crippen MR) is 41.0 cm³/mol. The number of rotatable bonds is 0. The van der Waals surface area contributed by atoms with Crippen molar-refractivity contribution in [1.29, 1.82) is 0 Å². The molecule has 0 atom stereocenters. The highest BCUT2D eigenvalue weighted by Crippen LogP contribution is 2.11. The molecule has 0 bridgehead atoms. The van der Waals surface area contributed by atoms with Gasteiger partial charge in [-0.1, -0.05) is 0 Å². The van der Waals surface area contributed by atoms with Gasteiger partial charge < -0.3 is 9.94 Å². The second-order valence-electron chi connectivity index (χ2n) is 2.32. The molecule has 2 aromatic heterocycles. The smallest absolute Gasteiger partial charge is 0.107 e. The fraction of sp³-hybridized carbons (Fsp3) is 0.143. The van der Waals surface area contributed by atoms with Crippen molar-refractivity contribution >= 4 is 11.0 Å². The van der Waals surface area contributed by atoms with E-state index in [2.05, 4.69) is 9.97 Å². The molecule has 0 amide bonds. The lowest BCUT2D eigenvalue weighted by Crippen LogP contribution is -1.87. The van der Waals surface area contributed by atoms with Crippen LogP contribution >= 0.6 is 0 Å². The Hall–Kier alpha value is -1.58. The van der Waals surface area contributed by atoms with Crippen molar-refractivity contribution in [3.63, 3.8) is 0 Å². The molecular weight excluding hydrogens is 142 g/mol. The van der Waals surface area contributed by atoms with Crippen molar-refractivity contribution in [3.8, 4) is 0 Å². The third kappa shape index (κ3) is 0.756. The largest absolute Gasteiger partial charge is 0.804 e. The molecule has 0 N–H and O–H groups in total. The minimum atomic E-state index is 0.466. The lowest BCUT2D eigenvalue weighted by molar-refractivity contribution is 1.01. The van der Waals surface area contributed by atoms with Crippen LogP contribution in [0.4, 0.5) is 0 Å². The Bertz CT molecular complexity index is 393. The first-order valence-electron chi connectivity index (χ1n) is 3.25. The highest BCUT2D eigenvalue weighted by atomic mass is 16.5. The van der Waals surface area contributed by atoms with E-state index < -0.39 is 0 Å². The molecule has 4 heteroatoms. The second kappa shape index (κ2) is 1.95. The summed E-state index contributed by atoms with van der Waals surface area (Å²) in [4.78, 5) is 7.85. The van der Waals surface area contributed by atoms with Crippen LogP contribution in [-0.2, 0) is 0 Å². The lowest BCUT2D eigenvalue weighted by Gasteiger charge is -2.07. The molecule has 2 aromatic rings. The lowest BCUT2D eigenvalue weighted by atomic mass is 10.4. The molecule has 0 saturated heterocycles. The number of imidazole rings is 1. The fourth-order valence-electron chi connectivity index (χ4n) is 1.03. The molecule has 2 rings (SSSR count). The first-order chi connectivity index (χ1) is 5.29. The molecule has 0 aliphatic rings. The van der Waals surface area contributed by atoms with Gasteiger partial charge in [-0.25, -0.2) is 4.98 Å². The highest BCUT2D eigenvalue weighted by Gasteiger charge is 1.98. The molecule has 0 saturated carbocycles. The number of aryl methyl sites for hydroxylation is 1. The van der Waals surface area contributed by atoms with Gasteiger partial charge in [-0.2, -0.15) is 0 Å². The molecule has 0 unspecified atom stereocenters.